The van der Waals surface area contributed by atoms with Crippen molar-refractivity contribution in [3.8, 4) is 23.7 Å². The van der Waals surface area contributed by atoms with E-state index >= 15 is 0 Å². The number of hydrogen-bond acceptors (Lipinski definition) is 2. The van der Waals surface area contributed by atoms with Crippen LogP contribution in [-0.4, -0.2) is 23.4 Å². The second-order valence-corrected chi connectivity index (χ2v) is 8.19. The number of hydrogen-bond donors (Lipinski definition) is 2. The van der Waals surface area contributed by atoms with Gasteiger partial charge in [0.2, 0.25) is 0 Å². The van der Waals surface area contributed by atoms with E-state index in [0.29, 0.717) is 12.8 Å². The predicted molar refractivity (Wildman–Crippen MR) is 148 cm³/mol. The van der Waals surface area contributed by atoms with Gasteiger partial charge in [-0.3, -0.25) is 0 Å². The van der Waals surface area contributed by atoms with Crippen LogP contribution in [0.1, 0.15) is 46.2 Å². The summed E-state index contributed by atoms with van der Waals surface area (Å²) in [4.78, 5) is 0. The predicted octanol–water partition coefficient (Wildman–Crippen LogP) is 6.16. The summed E-state index contributed by atoms with van der Waals surface area (Å²) >= 11 is 0. The Morgan fingerprint density at radius 1 is 0.444 bits per heavy atom. The van der Waals surface area contributed by atoms with Gasteiger partial charge in [-0.25, -0.2) is 0 Å². The van der Waals surface area contributed by atoms with E-state index in [4.69, 9.17) is 10.2 Å². The lowest BCUT2D eigenvalue weighted by molar-refractivity contribution is 0.304. The van der Waals surface area contributed by atoms with Crippen LogP contribution in [0.4, 0.5) is 0 Å². The van der Waals surface area contributed by atoms with Crippen LogP contribution in [-0.2, 0) is 0 Å². The summed E-state index contributed by atoms with van der Waals surface area (Å²) in [6.45, 7) is 0.135. The molecule has 0 bridgehead atoms. The molecule has 4 aromatic carbocycles. The van der Waals surface area contributed by atoms with E-state index in [-0.39, 0.29) is 13.2 Å². The highest BCUT2D eigenvalue weighted by molar-refractivity contribution is 6.04. The zero-order valence-electron chi connectivity index (χ0n) is 20.1. The highest BCUT2D eigenvalue weighted by atomic mass is 16.3. The van der Waals surface area contributed by atoms with Gasteiger partial charge < -0.3 is 10.2 Å². The van der Waals surface area contributed by atoms with E-state index < -0.39 is 0 Å². The molecule has 0 aromatic heterocycles. The van der Waals surface area contributed by atoms with Crippen molar-refractivity contribution in [2.45, 2.75) is 12.8 Å². The van der Waals surface area contributed by atoms with Gasteiger partial charge in [-0.2, -0.15) is 0 Å². The molecule has 2 heteroatoms. The van der Waals surface area contributed by atoms with Crippen LogP contribution in [0.15, 0.2) is 109 Å². The molecule has 0 unspecified atom stereocenters. The van der Waals surface area contributed by atoms with Crippen molar-refractivity contribution in [3.63, 3.8) is 0 Å². The largest absolute Gasteiger partial charge is 0.395 e. The Balaban J connectivity index is 1.91. The monoisotopic (exact) mass is 468 g/mol. The molecule has 0 fully saturated rings. The molecule has 176 valence electrons. The van der Waals surface area contributed by atoms with E-state index in [0.717, 1.165) is 44.5 Å². The Morgan fingerprint density at radius 2 is 0.778 bits per heavy atom. The van der Waals surface area contributed by atoms with Gasteiger partial charge in [0.15, 0.2) is 0 Å². The molecule has 2 N–H and O–H groups in total. The molecule has 0 heterocycles. The molecule has 0 saturated heterocycles. The third-order valence-corrected chi connectivity index (χ3v) is 5.66. The Kier molecular flexibility index (Phi) is 8.90. The number of aliphatic hydroxyl groups excluding tert-OH is 2. The van der Waals surface area contributed by atoms with Crippen molar-refractivity contribution in [2.75, 3.05) is 13.2 Å². The molecule has 0 aliphatic rings. The Bertz CT molecular complexity index is 1300. The minimum atomic E-state index is 0.0677. The van der Waals surface area contributed by atoms with Crippen molar-refractivity contribution in [3.05, 3.63) is 143 Å². The maximum atomic E-state index is 9.01. The highest BCUT2D eigenvalue weighted by Crippen LogP contribution is 2.36. The third kappa shape index (κ3) is 6.41. The van der Waals surface area contributed by atoms with Crippen LogP contribution in [0, 0.1) is 23.7 Å². The summed E-state index contributed by atoms with van der Waals surface area (Å²) in [5, 5.41) is 18.0. The fourth-order valence-corrected chi connectivity index (χ4v) is 4.00. The maximum absolute atomic E-state index is 9.01. The first-order chi connectivity index (χ1) is 17.8. The molecule has 0 aliphatic heterocycles. The Hall–Kier alpha value is -4.34. The Labute approximate surface area is 213 Å². The van der Waals surface area contributed by atoms with Crippen molar-refractivity contribution in [2.24, 2.45) is 0 Å². The first-order valence-electron chi connectivity index (χ1n) is 12.1. The molecule has 0 saturated carbocycles. The van der Waals surface area contributed by atoms with E-state index in [1.807, 2.05) is 36.4 Å². The van der Waals surface area contributed by atoms with Gasteiger partial charge in [-0.1, -0.05) is 109 Å². The molecule has 4 rings (SSSR count). The first-order valence-corrected chi connectivity index (χ1v) is 12.1. The quantitative estimate of drug-likeness (QED) is 0.263. The van der Waals surface area contributed by atoms with Gasteiger partial charge in [-0.05, 0) is 57.7 Å². The summed E-state index contributed by atoms with van der Waals surface area (Å²) < 4.78 is 0. The van der Waals surface area contributed by atoms with Gasteiger partial charge >= 0.3 is 0 Å². The lowest BCUT2D eigenvalue weighted by Crippen LogP contribution is -1.98. The highest BCUT2D eigenvalue weighted by Gasteiger charge is 2.16. The van der Waals surface area contributed by atoms with Gasteiger partial charge in [-0.15, -0.1) is 0 Å². The van der Waals surface area contributed by atoms with Crippen LogP contribution in [0.5, 0.6) is 0 Å². The number of benzene rings is 4. The average molecular weight is 469 g/mol. The zero-order valence-corrected chi connectivity index (χ0v) is 20.1. The number of aliphatic hydroxyl groups is 2. The molecule has 4 aromatic rings. The summed E-state index contributed by atoms with van der Waals surface area (Å²) in [6.07, 6.45) is 0.935. The van der Waals surface area contributed by atoms with Crippen LogP contribution >= 0.6 is 0 Å². The van der Waals surface area contributed by atoms with Crippen LogP contribution in [0.3, 0.4) is 0 Å². The molecule has 0 atom stereocenters. The van der Waals surface area contributed by atoms with E-state index in [1.165, 1.54) is 0 Å². The van der Waals surface area contributed by atoms with Crippen LogP contribution in [0.2, 0.25) is 0 Å². The minimum absolute atomic E-state index is 0.0677. The smallest absolute Gasteiger partial charge is 0.0540 e. The van der Waals surface area contributed by atoms with Crippen molar-refractivity contribution < 1.29 is 10.2 Å². The van der Waals surface area contributed by atoms with Crippen molar-refractivity contribution in [1.82, 2.24) is 0 Å². The molecule has 0 spiro atoms. The van der Waals surface area contributed by atoms with Gasteiger partial charge in [0.1, 0.15) is 0 Å². The summed E-state index contributed by atoms with van der Waals surface area (Å²) in [7, 11) is 0. The van der Waals surface area contributed by atoms with Gasteiger partial charge in [0, 0.05) is 24.0 Å². The second kappa shape index (κ2) is 12.9. The molecule has 0 aliphatic carbocycles. The van der Waals surface area contributed by atoms with Gasteiger partial charge in [0.25, 0.3) is 0 Å². The van der Waals surface area contributed by atoms with Crippen LogP contribution < -0.4 is 0 Å². The van der Waals surface area contributed by atoms with E-state index in [9.17, 15) is 0 Å². The zero-order chi connectivity index (χ0) is 25.0. The van der Waals surface area contributed by atoms with E-state index in [1.54, 1.807) is 0 Å². The molecule has 0 amide bonds. The average Bonchev–Trinajstić information content (AvgIpc) is 2.94. The summed E-state index contributed by atoms with van der Waals surface area (Å²) in [5.41, 5.74) is 8.56. The second-order valence-electron chi connectivity index (χ2n) is 8.19. The lowest BCUT2D eigenvalue weighted by atomic mass is 9.85. The first kappa shape index (κ1) is 24.8. The molecule has 36 heavy (non-hydrogen) atoms. The molecular formula is C34H28O2. The fourth-order valence-electron chi connectivity index (χ4n) is 4.00. The van der Waals surface area contributed by atoms with Crippen LogP contribution in [0.25, 0.3) is 11.1 Å². The fraction of sp³-hybridized carbons (Fsp3) is 0.118. The van der Waals surface area contributed by atoms with E-state index in [2.05, 4.69) is 96.5 Å². The number of rotatable bonds is 6. The lowest BCUT2D eigenvalue weighted by Gasteiger charge is -2.18. The SMILES string of the molecule is OCCC#Cc1ccc(/C(=C(/c2ccccc2)c2ccc(C#CCCO)cc2)c2ccccc2)cc1. The third-order valence-electron chi connectivity index (χ3n) is 5.66. The summed E-state index contributed by atoms with van der Waals surface area (Å²) in [5.74, 6) is 12.2. The molecule has 0 radical (unpaired) electrons. The van der Waals surface area contributed by atoms with Gasteiger partial charge in [0.05, 0.1) is 13.2 Å². The Morgan fingerprint density at radius 3 is 1.11 bits per heavy atom. The molecular weight excluding hydrogens is 440 g/mol. The van der Waals surface area contributed by atoms with Crippen molar-refractivity contribution in [1.29, 1.82) is 0 Å². The standard InChI is InChI=1S/C34H28O2/c35-25-9-7-11-27-17-21-31(22-18-27)33(29-13-3-1-4-14-29)34(30-15-5-2-6-16-30)32-23-19-28(20-24-32)12-8-10-26-36/h1-6,13-24,35-36H,9-10,25-26H2/b34-33-. The summed E-state index contributed by atoms with van der Waals surface area (Å²) in [6, 6.07) is 37.5. The normalized spacial score (nSPS) is 10.9. The van der Waals surface area contributed by atoms with Crippen molar-refractivity contribution >= 4 is 11.1 Å². The molecule has 2 nitrogen and oxygen atoms in total. The topological polar surface area (TPSA) is 40.5 Å². The minimum Gasteiger partial charge on any atom is -0.395 e. The maximum Gasteiger partial charge on any atom is 0.0540 e.